The summed E-state index contributed by atoms with van der Waals surface area (Å²) >= 11 is 0. The van der Waals surface area contributed by atoms with Gasteiger partial charge in [0.05, 0.1) is 11.3 Å². The van der Waals surface area contributed by atoms with Crippen LogP contribution in [-0.4, -0.2) is 38.2 Å². The number of hydrogen-bond donors (Lipinski definition) is 1. The number of carbonyl (C=O) groups is 2. The van der Waals surface area contributed by atoms with Gasteiger partial charge in [0.25, 0.3) is 5.91 Å². The van der Waals surface area contributed by atoms with Crippen molar-refractivity contribution in [1.82, 2.24) is 20.2 Å². The van der Waals surface area contributed by atoms with Crippen molar-refractivity contribution >= 4 is 17.6 Å². The van der Waals surface area contributed by atoms with Crippen molar-refractivity contribution in [3.63, 3.8) is 0 Å². The Morgan fingerprint density at radius 2 is 1.79 bits per heavy atom. The molecule has 0 bridgehead atoms. The molecule has 1 aromatic heterocycles. The Balaban J connectivity index is 1.66. The van der Waals surface area contributed by atoms with Crippen LogP contribution in [0, 0.1) is 6.92 Å². The molecule has 0 saturated carbocycles. The van der Waals surface area contributed by atoms with Crippen molar-refractivity contribution in [3.05, 3.63) is 65.5 Å². The number of aromatic nitrogens is 4. The van der Waals surface area contributed by atoms with Gasteiger partial charge in [-0.1, -0.05) is 32.0 Å². The topological polar surface area (TPSA) is 99.0 Å². The third kappa shape index (κ3) is 4.66. The Bertz CT molecular complexity index is 998. The quantitative estimate of drug-likeness (QED) is 0.645. The summed E-state index contributed by atoms with van der Waals surface area (Å²) in [5.74, 6) is -0.702. The van der Waals surface area contributed by atoms with Crippen LogP contribution in [0.1, 0.15) is 48.2 Å². The number of benzene rings is 2. The molecule has 150 valence electrons. The van der Waals surface area contributed by atoms with Gasteiger partial charge >= 0.3 is 5.97 Å². The number of anilines is 1. The predicted molar refractivity (Wildman–Crippen MR) is 108 cm³/mol. The maximum atomic E-state index is 12.6. The third-order valence-electron chi connectivity index (χ3n) is 4.54. The van der Waals surface area contributed by atoms with Crippen molar-refractivity contribution in [3.8, 4) is 5.69 Å². The molecular formula is C21H23N5O3. The van der Waals surface area contributed by atoms with Gasteiger partial charge in [0.1, 0.15) is 6.33 Å². The molecule has 2 aromatic carbocycles. The van der Waals surface area contributed by atoms with Crippen LogP contribution in [0.5, 0.6) is 0 Å². The zero-order valence-corrected chi connectivity index (χ0v) is 16.8. The second kappa shape index (κ2) is 8.64. The first-order valence-corrected chi connectivity index (χ1v) is 9.31. The fraction of sp³-hybridized carbons (Fsp3) is 0.286. The first kappa shape index (κ1) is 20.2. The van der Waals surface area contributed by atoms with Crippen LogP contribution < -0.4 is 5.32 Å². The molecule has 3 rings (SSSR count). The standard InChI is InChI=1S/C21H23N5O3/c1-13(2)18-7-5-6-14(3)19(18)23-20(27)15(4)29-21(28)16-8-10-17(11-9-16)26-12-22-24-25-26/h5-13,15H,1-4H3,(H,23,27)/t15-/m0/s1. The average molecular weight is 393 g/mol. The average Bonchev–Trinajstić information content (AvgIpc) is 3.24. The first-order chi connectivity index (χ1) is 13.9. The van der Waals surface area contributed by atoms with Crippen LogP contribution in [0.4, 0.5) is 5.69 Å². The van der Waals surface area contributed by atoms with Crippen molar-refractivity contribution in [2.45, 2.75) is 39.7 Å². The molecule has 1 N–H and O–H groups in total. The minimum atomic E-state index is -0.943. The molecule has 1 atom stereocenters. The molecule has 0 fully saturated rings. The summed E-state index contributed by atoms with van der Waals surface area (Å²) < 4.78 is 6.82. The predicted octanol–water partition coefficient (Wildman–Crippen LogP) is 3.28. The lowest BCUT2D eigenvalue weighted by Gasteiger charge is -2.19. The van der Waals surface area contributed by atoms with Gasteiger partial charge in [-0.15, -0.1) is 5.10 Å². The highest BCUT2D eigenvalue weighted by Crippen LogP contribution is 2.27. The van der Waals surface area contributed by atoms with Gasteiger partial charge < -0.3 is 10.1 Å². The van der Waals surface area contributed by atoms with Gasteiger partial charge in [0.2, 0.25) is 0 Å². The largest absolute Gasteiger partial charge is 0.449 e. The summed E-state index contributed by atoms with van der Waals surface area (Å²) in [4.78, 5) is 25.0. The number of para-hydroxylation sites is 1. The van der Waals surface area contributed by atoms with Gasteiger partial charge in [-0.05, 0) is 65.6 Å². The Hall–Kier alpha value is -3.55. The molecule has 0 radical (unpaired) electrons. The van der Waals surface area contributed by atoms with E-state index in [9.17, 15) is 9.59 Å². The lowest BCUT2D eigenvalue weighted by molar-refractivity contribution is -0.123. The van der Waals surface area contributed by atoms with E-state index in [1.807, 2.05) is 25.1 Å². The van der Waals surface area contributed by atoms with Crippen LogP contribution in [0.15, 0.2) is 48.8 Å². The van der Waals surface area contributed by atoms with E-state index in [1.165, 1.54) is 11.0 Å². The van der Waals surface area contributed by atoms with Gasteiger partial charge in [0, 0.05) is 5.69 Å². The minimum absolute atomic E-state index is 0.252. The number of rotatable bonds is 6. The highest BCUT2D eigenvalue weighted by atomic mass is 16.5. The van der Waals surface area contributed by atoms with E-state index in [-0.39, 0.29) is 11.8 Å². The third-order valence-corrected chi connectivity index (χ3v) is 4.54. The number of esters is 1. The molecule has 0 spiro atoms. The number of nitrogens with one attached hydrogen (secondary N) is 1. The number of nitrogens with zero attached hydrogens (tertiary/aromatic N) is 4. The number of tetrazole rings is 1. The summed E-state index contributed by atoms with van der Waals surface area (Å²) in [6, 6.07) is 12.5. The van der Waals surface area contributed by atoms with Crippen LogP contribution in [0.3, 0.4) is 0 Å². The SMILES string of the molecule is Cc1cccc(C(C)C)c1NC(=O)[C@H](C)OC(=O)c1ccc(-n2cnnn2)cc1. The normalized spacial score (nSPS) is 11.9. The molecule has 0 saturated heterocycles. The lowest BCUT2D eigenvalue weighted by atomic mass is 9.98. The van der Waals surface area contributed by atoms with Crippen LogP contribution in [-0.2, 0) is 9.53 Å². The van der Waals surface area contributed by atoms with E-state index in [0.29, 0.717) is 11.3 Å². The van der Waals surface area contributed by atoms with Crippen LogP contribution in [0.25, 0.3) is 5.69 Å². The number of amides is 1. The summed E-state index contributed by atoms with van der Waals surface area (Å²) in [6.45, 7) is 7.61. The van der Waals surface area contributed by atoms with E-state index >= 15 is 0 Å². The smallest absolute Gasteiger partial charge is 0.338 e. The molecule has 1 amide bonds. The van der Waals surface area contributed by atoms with Crippen molar-refractivity contribution in [1.29, 1.82) is 0 Å². The number of ether oxygens (including phenoxy) is 1. The van der Waals surface area contributed by atoms with Gasteiger partial charge in [-0.2, -0.15) is 0 Å². The molecule has 8 nitrogen and oxygen atoms in total. The van der Waals surface area contributed by atoms with Crippen molar-refractivity contribution in [2.75, 3.05) is 5.32 Å². The molecule has 3 aromatic rings. The summed E-state index contributed by atoms with van der Waals surface area (Å²) in [5.41, 5.74) is 3.80. The van der Waals surface area contributed by atoms with Gasteiger partial charge in [-0.3, -0.25) is 4.79 Å². The Morgan fingerprint density at radius 1 is 1.07 bits per heavy atom. The first-order valence-electron chi connectivity index (χ1n) is 9.31. The van der Waals surface area contributed by atoms with Crippen LogP contribution >= 0.6 is 0 Å². The molecule has 29 heavy (non-hydrogen) atoms. The molecule has 0 aliphatic carbocycles. The Kier molecular flexibility index (Phi) is 6.01. The summed E-state index contributed by atoms with van der Waals surface area (Å²) in [6.07, 6.45) is 0.512. The van der Waals surface area contributed by atoms with Crippen molar-refractivity contribution < 1.29 is 14.3 Å². The number of hydrogen-bond acceptors (Lipinski definition) is 6. The maximum Gasteiger partial charge on any atom is 0.338 e. The van der Waals surface area contributed by atoms with E-state index in [4.69, 9.17) is 4.74 Å². The van der Waals surface area contributed by atoms with E-state index in [1.54, 1.807) is 31.2 Å². The zero-order chi connectivity index (χ0) is 21.0. The summed E-state index contributed by atoms with van der Waals surface area (Å²) in [5, 5.41) is 13.8. The molecule has 0 aliphatic rings. The second-order valence-corrected chi connectivity index (χ2v) is 7.03. The van der Waals surface area contributed by atoms with E-state index < -0.39 is 12.1 Å². The Morgan fingerprint density at radius 3 is 2.41 bits per heavy atom. The molecule has 0 unspecified atom stereocenters. The Labute approximate surface area is 168 Å². The highest BCUT2D eigenvalue weighted by Gasteiger charge is 2.21. The highest BCUT2D eigenvalue weighted by molar-refractivity contribution is 5.98. The number of aryl methyl sites for hydroxylation is 1. The number of carbonyl (C=O) groups excluding carboxylic acids is 2. The van der Waals surface area contributed by atoms with E-state index in [2.05, 4.69) is 34.7 Å². The summed E-state index contributed by atoms with van der Waals surface area (Å²) in [7, 11) is 0. The molecule has 0 aliphatic heterocycles. The van der Waals surface area contributed by atoms with Gasteiger partial charge in [-0.25, -0.2) is 9.48 Å². The second-order valence-electron chi connectivity index (χ2n) is 7.03. The van der Waals surface area contributed by atoms with E-state index in [0.717, 1.165) is 16.8 Å². The van der Waals surface area contributed by atoms with Crippen molar-refractivity contribution in [2.24, 2.45) is 0 Å². The molecule has 1 heterocycles. The van der Waals surface area contributed by atoms with Crippen LogP contribution in [0.2, 0.25) is 0 Å². The lowest BCUT2D eigenvalue weighted by Crippen LogP contribution is -2.30. The fourth-order valence-corrected chi connectivity index (χ4v) is 2.88. The monoisotopic (exact) mass is 393 g/mol. The zero-order valence-electron chi connectivity index (χ0n) is 16.8. The molecular weight excluding hydrogens is 370 g/mol. The van der Waals surface area contributed by atoms with Gasteiger partial charge in [0.15, 0.2) is 6.10 Å². The maximum absolute atomic E-state index is 12.6. The fourth-order valence-electron chi connectivity index (χ4n) is 2.88. The minimum Gasteiger partial charge on any atom is -0.449 e. The molecule has 8 heteroatoms.